The molecule has 1 saturated heterocycles. The summed E-state index contributed by atoms with van der Waals surface area (Å²) in [6.45, 7) is -6.70. The summed E-state index contributed by atoms with van der Waals surface area (Å²) in [6.07, 6.45) is 0. The van der Waals surface area contributed by atoms with Gasteiger partial charge in [0, 0.05) is 40.4 Å². The molecule has 6 heteroatoms. The fourth-order valence-corrected chi connectivity index (χ4v) is 2.71. The molecule has 1 aliphatic rings. The first-order chi connectivity index (χ1) is 19.0. The van der Waals surface area contributed by atoms with Gasteiger partial charge in [-0.05, 0) is 23.2 Å². The molecule has 3 atom stereocenters. The summed E-state index contributed by atoms with van der Waals surface area (Å²) in [4.78, 5) is 14.1. The van der Waals surface area contributed by atoms with Gasteiger partial charge in [0.15, 0.2) is 0 Å². The molecule has 27 heavy (non-hydrogen) atoms. The van der Waals surface area contributed by atoms with Gasteiger partial charge in [-0.2, -0.15) is 0 Å². The van der Waals surface area contributed by atoms with Crippen LogP contribution in [-0.4, -0.2) is 66.7 Å². The van der Waals surface area contributed by atoms with Gasteiger partial charge in [-0.25, -0.2) is 4.79 Å². The van der Waals surface area contributed by atoms with Gasteiger partial charge in [0.2, 0.25) is 0 Å². The van der Waals surface area contributed by atoms with Gasteiger partial charge in [0.1, 0.15) is 6.56 Å². The van der Waals surface area contributed by atoms with E-state index in [1.54, 1.807) is 0 Å². The van der Waals surface area contributed by atoms with E-state index >= 15 is 0 Å². The number of hydrogen-bond donors (Lipinski definition) is 1. The number of benzene rings is 2. The van der Waals surface area contributed by atoms with Crippen molar-refractivity contribution in [1.29, 1.82) is 1.43 Å². The maximum Gasteiger partial charge on any atom is 0.329 e. The molecule has 0 aromatic heterocycles. The summed E-state index contributed by atoms with van der Waals surface area (Å²) in [5, 5.41) is 3.12. The number of hydrogen-bond acceptors (Lipinski definition) is 5. The van der Waals surface area contributed by atoms with Crippen molar-refractivity contribution < 1.29 is 32.5 Å². The van der Waals surface area contributed by atoms with Crippen molar-refractivity contribution in [2.24, 2.45) is 0 Å². The van der Waals surface area contributed by atoms with E-state index in [0.717, 1.165) is 0 Å². The first-order valence-corrected chi connectivity index (χ1v) is 8.34. The quantitative estimate of drug-likeness (QED) is 0.735. The predicted molar refractivity (Wildman–Crippen MR) is 106 cm³/mol. The first-order valence-electron chi connectivity index (χ1n) is 15.0. The molecule has 2 aromatic rings. The highest BCUT2D eigenvalue weighted by molar-refractivity contribution is 6.30. The predicted octanol–water partition coefficient (Wildman–Crippen LogP) is 3.15. The average Bonchev–Trinajstić information content (AvgIpc) is 2.94. The van der Waals surface area contributed by atoms with Crippen LogP contribution in [0.15, 0.2) is 54.4 Å². The first kappa shape index (κ1) is 8.62. The van der Waals surface area contributed by atoms with Crippen LogP contribution in [0, 0.1) is 0 Å². The molecular formula is C21H25ClN2O3. The lowest BCUT2D eigenvalue weighted by atomic mass is 9.96. The largest absolute Gasteiger partial charge is 0.480 e. The Labute approximate surface area is 184 Å². The Hall–Kier alpha value is -1.92. The molecule has 0 amide bonds. The lowest BCUT2D eigenvalue weighted by molar-refractivity contribution is -0.142. The van der Waals surface area contributed by atoms with Gasteiger partial charge in [-0.15, -0.1) is 0 Å². The van der Waals surface area contributed by atoms with E-state index in [-0.39, 0.29) is 30.8 Å². The molecule has 1 heterocycles. The van der Waals surface area contributed by atoms with Gasteiger partial charge in [-0.1, -0.05) is 53.9 Å². The van der Waals surface area contributed by atoms with Crippen LogP contribution in [0.4, 0.5) is 0 Å². The number of carboxylic acids is 1. The minimum atomic E-state index is -3.00. The van der Waals surface area contributed by atoms with Crippen LogP contribution in [-0.2, 0) is 9.53 Å². The molecule has 2 aromatic carbocycles. The average molecular weight is 403 g/mol. The van der Waals surface area contributed by atoms with E-state index in [2.05, 4.69) is 5.11 Å². The van der Waals surface area contributed by atoms with E-state index in [1.165, 1.54) is 9.80 Å². The van der Waals surface area contributed by atoms with Crippen LogP contribution < -0.4 is 0 Å². The van der Waals surface area contributed by atoms with Crippen molar-refractivity contribution in [3.63, 3.8) is 0 Å². The van der Waals surface area contributed by atoms with Gasteiger partial charge < -0.3 is 9.85 Å². The Balaban J connectivity index is 2.06. The molecule has 0 bridgehead atoms. The van der Waals surface area contributed by atoms with E-state index in [1.807, 2.05) is 0 Å². The zero-order valence-electron chi connectivity index (χ0n) is 28.1. The molecule has 0 spiro atoms. The van der Waals surface area contributed by atoms with Crippen molar-refractivity contribution in [1.82, 2.24) is 9.80 Å². The second-order valence-electron chi connectivity index (χ2n) is 5.47. The molecular weight excluding hydrogens is 364 g/mol. The number of piperazine rings is 1. The SMILES string of the molecule is [2H]OC(=O)C([2H])([2H])OCC([2H])N1CCN(C(c2c([2H])c([2H])c([2H])c([2H])c2[2H])c2c([2H])c([2H])c(Cl)c([2H])c2[2H])CC1[2H]. The molecule has 1 N–H and O–H groups in total. The van der Waals surface area contributed by atoms with Gasteiger partial charge in [0.05, 0.1) is 27.7 Å². The number of halogens is 1. The fourth-order valence-electron chi connectivity index (χ4n) is 2.62. The van der Waals surface area contributed by atoms with E-state index in [9.17, 15) is 4.79 Å². The van der Waals surface area contributed by atoms with E-state index in [4.69, 9.17) is 35.6 Å². The van der Waals surface area contributed by atoms with E-state index < -0.39 is 97.6 Å². The Bertz CT molecular complexity index is 1220. The summed E-state index contributed by atoms with van der Waals surface area (Å²) >= 11 is 5.98. The van der Waals surface area contributed by atoms with Crippen LogP contribution in [0.5, 0.6) is 0 Å². The van der Waals surface area contributed by atoms with Gasteiger partial charge in [0.25, 0.3) is 1.43 Å². The summed E-state index contributed by atoms with van der Waals surface area (Å²) in [5.74, 6) is -1.62. The van der Waals surface area contributed by atoms with Gasteiger partial charge in [-0.3, -0.25) is 9.80 Å². The minimum Gasteiger partial charge on any atom is -0.480 e. The van der Waals surface area contributed by atoms with Crippen molar-refractivity contribution in [2.45, 2.75) is 6.04 Å². The summed E-state index contributed by atoms with van der Waals surface area (Å²) in [5.41, 5.74) is -0.635. The van der Waals surface area contributed by atoms with Crippen LogP contribution in [0.25, 0.3) is 1.43 Å². The molecule has 3 rings (SSSR count). The number of nitrogens with zero attached hydrogens (tertiary/aromatic N) is 2. The zero-order valence-corrected chi connectivity index (χ0v) is 14.8. The third-order valence-electron chi connectivity index (χ3n) is 3.79. The second kappa shape index (κ2) is 9.85. The Morgan fingerprint density at radius 2 is 1.96 bits per heavy atom. The maximum atomic E-state index is 11.4. The molecule has 0 aliphatic carbocycles. The summed E-state index contributed by atoms with van der Waals surface area (Å²) in [7, 11) is 0. The number of carboxylic acid groups (broad SMARTS) is 1. The molecule has 5 nitrogen and oxygen atoms in total. The highest BCUT2D eigenvalue weighted by atomic mass is 35.5. The minimum absolute atomic E-state index is 0.0541. The Morgan fingerprint density at radius 1 is 1.22 bits per heavy atom. The number of rotatable bonds is 8. The summed E-state index contributed by atoms with van der Waals surface area (Å²) < 4.78 is 118. The monoisotopic (exact) mass is 402 g/mol. The van der Waals surface area contributed by atoms with Crippen molar-refractivity contribution >= 4 is 17.6 Å². The normalized spacial score (nSPS) is 28.6. The Kier molecular flexibility index (Phi) is 3.14. The number of ether oxygens (including phenoxy) is 1. The van der Waals surface area contributed by atoms with Crippen molar-refractivity contribution in [2.75, 3.05) is 45.8 Å². The zero-order chi connectivity index (χ0) is 31.1. The molecule has 3 unspecified atom stereocenters. The van der Waals surface area contributed by atoms with Crippen LogP contribution in [0.3, 0.4) is 0 Å². The van der Waals surface area contributed by atoms with Gasteiger partial charge >= 0.3 is 5.97 Å². The molecule has 0 saturated carbocycles. The molecule has 1 aliphatic heterocycles. The second-order valence-corrected chi connectivity index (χ2v) is 5.85. The molecule has 144 valence electrons. The fraction of sp³-hybridized carbons (Fsp3) is 0.381. The third kappa shape index (κ3) is 5.78. The highest BCUT2D eigenvalue weighted by Gasteiger charge is 2.26. The highest BCUT2D eigenvalue weighted by Crippen LogP contribution is 2.30. The van der Waals surface area contributed by atoms with Crippen LogP contribution in [0.2, 0.25) is 5.02 Å². The number of carbonyl (C=O) groups is 1. The standard InChI is InChI=1S/C21H25ClN2O3/c22-19-8-6-18(7-9-19)21(17-4-2-1-3-5-17)24-12-10-23(11-13-24)14-15-27-16-20(25)26/h1-9,21H,10-16H2,(H,25,26)/i1D,2D,3D,4D,5D,6D,7D,8D,9D,10D,14D,16D2/hD. The van der Waals surface area contributed by atoms with Crippen LogP contribution in [0.1, 0.15) is 35.0 Å². The topological polar surface area (TPSA) is 53.0 Å². The molecule has 1 fully saturated rings. The summed E-state index contributed by atoms with van der Waals surface area (Å²) in [6, 6.07) is -7.11. The van der Waals surface area contributed by atoms with Crippen LogP contribution >= 0.6 is 11.6 Å². The molecule has 0 radical (unpaired) electrons. The number of aliphatic carboxylic acids is 1. The maximum absolute atomic E-state index is 11.4. The lowest BCUT2D eigenvalue weighted by Crippen LogP contribution is -2.48. The third-order valence-corrected chi connectivity index (χ3v) is 3.98. The smallest absolute Gasteiger partial charge is 0.329 e. The van der Waals surface area contributed by atoms with Crippen molar-refractivity contribution in [3.8, 4) is 0 Å². The lowest BCUT2D eigenvalue weighted by Gasteiger charge is -2.39. The Morgan fingerprint density at radius 3 is 2.67 bits per heavy atom. The van der Waals surface area contributed by atoms with Crippen molar-refractivity contribution in [3.05, 3.63) is 70.5 Å². The van der Waals surface area contributed by atoms with E-state index in [0.29, 0.717) is 0 Å².